The molecular weight excluding hydrogens is 430 g/mol. The highest BCUT2D eigenvalue weighted by atomic mass is 79.9. The first-order chi connectivity index (χ1) is 10.6. The standard InChI is InChI=1S/C15H11Br2N3OS/c1-2-14-19-12-5-3-9(16)7-11(12)15(21)20(14)18-8-10-4-6-13(17)22-10/h3-8H,2H2,1H3. The molecule has 0 fully saturated rings. The Morgan fingerprint density at radius 2 is 2.14 bits per heavy atom. The number of fused-ring (bicyclic) bond motifs is 1. The third-order valence-electron chi connectivity index (χ3n) is 3.09. The van der Waals surface area contributed by atoms with E-state index in [-0.39, 0.29) is 5.56 Å². The number of benzene rings is 1. The van der Waals surface area contributed by atoms with Crippen LogP contribution in [0.15, 0.2) is 48.5 Å². The van der Waals surface area contributed by atoms with Gasteiger partial charge in [-0.1, -0.05) is 22.9 Å². The summed E-state index contributed by atoms with van der Waals surface area (Å²) >= 11 is 8.36. The van der Waals surface area contributed by atoms with Gasteiger partial charge in [0.25, 0.3) is 5.56 Å². The van der Waals surface area contributed by atoms with Crippen molar-refractivity contribution in [3.63, 3.8) is 0 Å². The molecule has 2 aromatic heterocycles. The monoisotopic (exact) mass is 439 g/mol. The normalized spacial score (nSPS) is 11.6. The van der Waals surface area contributed by atoms with Gasteiger partial charge in [0, 0.05) is 15.8 Å². The Morgan fingerprint density at radius 1 is 1.32 bits per heavy atom. The molecule has 0 saturated heterocycles. The van der Waals surface area contributed by atoms with Crippen molar-refractivity contribution >= 4 is 60.3 Å². The van der Waals surface area contributed by atoms with E-state index < -0.39 is 0 Å². The molecule has 0 aliphatic carbocycles. The summed E-state index contributed by atoms with van der Waals surface area (Å²) in [5, 5.41) is 4.88. The van der Waals surface area contributed by atoms with Crippen LogP contribution in [0.3, 0.4) is 0 Å². The highest BCUT2D eigenvalue weighted by molar-refractivity contribution is 9.11. The molecule has 7 heteroatoms. The molecular formula is C15H11Br2N3OS. The molecule has 0 aliphatic heterocycles. The maximum Gasteiger partial charge on any atom is 0.282 e. The van der Waals surface area contributed by atoms with Crippen molar-refractivity contribution in [2.24, 2.45) is 5.10 Å². The van der Waals surface area contributed by atoms with Gasteiger partial charge >= 0.3 is 0 Å². The van der Waals surface area contributed by atoms with Gasteiger partial charge in [-0.05, 0) is 46.3 Å². The first-order valence-corrected chi connectivity index (χ1v) is 8.99. The quantitative estimate of drug-likeness (QED) is 0.565. The zero-order valence-electron chi connectivity index (χ0n) is 11.6. The molecule has 0 bridgehead atoms. The van der Waals surface area contributed by atoms with Crippen LogP contribution in [0.25, 0.3) is 10.9 Å². The molecule has 0 radical (unpaired) electrons. The molecule has 3 rings (SSSR count). The van der Waals surface area contributed by atoms with E-state index in [2.05, 4.69) is 41.9 Å². The number of thiophene rings is 1. The van der Waals surface area contributed by atoms with Gasteiger partial charge in [0.1, 0.15) is 5.82 Å². The lowest BCUT2D eigenvalue weighted by molar-refractivity contribution is 0.735. The van der Waals surface area contributed by atoms with E-state index in [1.54, 1.807) is 23.6 Å². The molecule has 0 aliphatic rings. The van der Waals surface area contributed by atoms with E-state index in [4.69, 9.17) is 0 Å². The fraction of sp³-hybridized carbons (Fsp3) is 0.133. The van der Waals surface area contributed by atoms with Crippen LogP contribution in [0.4, 0.5) is 0 Å². The highest BCUT2D eigenvalue weighted by Crippen LogP contribution is 2.20. The van der Waals surface area contributed by atoms with Crippen LogP contribution in [0.5, 0.6) is 0 Å². The predicted octanol–water partition coefficient (Wildman–Crippen LogP) is 4.43. The summed E-state index contributed by atoms with van der Waals surface area (Å²) in [5.41, 5.74) is 0.533. The number of hydrogen-bond donors (Lipinski definition) is 0. The van der Waals surface area contributed by atoms with Crippen molar-refractivity contribution in [3.05, 3.63) is 59.6 Å². The Balaban J connectivity index is 2.17. The number of hydrogen-bond acceptors (Lipinski definition) is 4. The highest BCUT2D eigenvalue weighted by Gasteiger charge is 2.09. The minimum Gasteiger partial charge on any atom is -0.267 e. The predicted molar refractivity (Wildman–Crippen MR) is 98.1 cm³/mol. The zero-order valence-corrected chi connectivity index (χ0v) is 15.6. The van der Waals surface area contributed by atoms with Crippen molar-refractivity contribution in [3.8, 4) is 0 Å². The van der Waals surface area contributed by atoms with Crippen LogP contribution in [0.2, 0.25) is 0 Å². The van der Waals surface area contributed by atoms with E-state index in [0.29, 0.717) is 23.1 Å². The lowest BCUT2D eigenvalue weighted by Crippen LogP contribution is -2.22. The van der Waals surface area contributed by atoms with Crippen molar-refractivity contribution < 1.29 is 0 Å². The molecule has 0 amide bonds. The van der Waals surface area contributed by atoms with Gasteiger partial charge in [0.15, 0.2) is 0 Å². The maximum absolute atomic E-state index is 12.7. The summed E-state index contributed by atoms with van der Waals surface area (Å²) < 4.78 is 3.25. The van der Waals surface area contributed by atoms with Crippen LogP contribution in [0, 0.1) is 0 Å². The average molecular weight is 441 g/mol. The Bertz CT molecular complexity index is 930. The Morgan fingerprint density at radius 3 is 2.82 bits per heavy atom. The molecule has 0 saturated carbocycles. The molecule has 0 atom stereocenters. The van der Waals surface area contributed by atoms with Crippen molar-refractivity contribution in [2.75, 3.05) is 0 Å². The van der Waals surface area contributed by atoms with Crippen LogP contribution < -0.4 is 5.56 Å². The van der Waals surface area contributed by atoms with Crippen LogP contribution >= 0.6 is 43.2 Å². The van der Waals surface area contributed by atoms with Crippen LogP contribution in [0.1, 0.15) is 17.6 Å². The average Bonchev–Trinajstić information content (AvgIpc) is 2.92. The molecule has 3 aromatic rings. The molecule has 1 aromatic carbocycles. The summed E-state index contributed by atoms with van der Waals surface area (Å²) in [5.74, 6) is 0.645. The smallest absolute Gasteiger partial charge is 0.267 e. The number of aromatic nitrogens is 2. The van der Waals surface area contributed by atoms with Crippen molar-refractivity contribution in [1.29, 1.82) is 0 Å². The molecule has 0 spiro atoms. The fourth-order valence-electron chi connectivity index (χ4n) is 2.05. The SMILES string of the molecule is CCc1nc2ccc(Br)cc2c(=O)n1N=Cc1ccc(Br)s1. The second kappa shape index (κ2) is 6.44. The maximum atomic E-state index is 12.7. The fourth-order valence-corrected chi connectivity index (χ4v) is 3.71. The third kappa shape index (κ3) is 3.06. The molecule has 22 heavy (non-hydrogen) atoms. The second-order valence-electron chi connectivity index (χ2n) is 4.55. The number of nitrogens with zero attached hydrogens (tertiary/aromatic N) is 3. The summed E-state index contributed by atoms with van der Waals surface area (Å²) in [6, 6.07) is 9.39. The van der Waals surface area contributed by atoms with Gasteiger partial charge in [0.05, 0.1) is 20.9 Å². The lowest BCUT2D eigenvalue weighted by atomic mass is 10.2. The minimum absolute atomic E-state index is 0.157. The molecule has 2 heterocycles. The van der Waals surface area contributed by atoms with Gasteiger partial charge in [-0.25, -0.2) is 4.98 Å². The molecule has 0 unspecified atom stereocenters. The van der Waals surface area contributed by atoms with Crippen molar-refractivity contribution in [2.45, 2.75) is 13.3 Å². The van der Waals surface area contributed by atoms with E-state index in [1.165, 1.54) is 4.68 Å². The second-order valence-corrected chi connectivity index (χ2v) is 7.96. The summed E-state index contributed by atoms with van der Waals surface area (Å²) in [4.78, 5) is 18.2. The van der Waals surface area contributed by atoms with E-state index in [1.807, 2.05) is 31.2 Å². The summed E-state index contributed by atoms with van der Waals surface area (Å²) in [6.07, 6.45) is 2.31. The summed E-state index contributed by atoms with van der Waals surface area (Å²) in [7, 11) is 0. The Kier molecular flexibility index (Phi) is 4.56. The van der Waals surface area contributed by atoms with Gasteiger partial charge in [0.2, 0.25) is 0 Å². The zero-order chi connectivity index (χ0) is 15.7. The Labute approximate surface area is 147 Å². The van der Waals surface area contributed by atoms with E-state index in [0.717, 1.165) is 13.1 Å². The van der Waals surface area contributed by atoms with Crippen molar-refractivity contribution in [1.82, 2.24) is 9.66 Å². The number of aryl methyl sites for hydroxylation is 1. The van der Waals surface area contributed by atoms with E-state index >= 15 is 0 Å². The van der Waals surface area contributed by atoms with Crippen LogP contribution in [-0.4, -0.2) is 15.9 Å². The topological polar surface area (TPSA) is 47.2 Å². The van der Waals surface area contributed by atoms with Gasteiger partial charge in [-0.2, -0.15) is 9.78 Å². The first kappa shape index (κ1) is 15.6. The largest absolute Gasteiger partial charge is 0.282 e. The van der Waals surface area contributed by atoms with Gasteiger partial charge < -0.3 is 0 Å². The third-order valence-corrected chi connectivity index (χ3v) is 5.14. The Hall–Kier alpha value is -1.31. The lowest BCUT2D eigenvalue weighted by Gasteiger charge is -2.07. The van der Waals surface area contributed by atoms with E-state index in [9.17, 15) is 4.79 Å². The minimum atomic E-state index is -0.157. The van der Waals surface area contributed by atoms with Gasteiger partial charge in [-0.15, -0.1) is 11.3 Å². The first-order valence-electron chi connectivity index (χ1n) is 6.59. The molecule has 112 valence electrons. The summed E-state index contributed by atoms with van der Waals surface area (Å²) in [6.45, 7) is 1.96. The number of rotatable bonds is 3. The molecule has 4 nitrogen and oxygen atoms in total. The number of halogens is 2. The van der Waals surface area contributed by atoms with Crippen LogP contribution in [-0.2, 0) is 6.42 Å². The van der Waals surface area contributed by atoms with Gasteiger partial charge in [-0.3, -0.25) is 4.79 Å². The molecule has 0 N–H and O–H groups in total.